The van der Waals surface area contributed by atoms with Gasteiger partial charge >= 0.3 is 12.1 Å². The Bertz CT molecular complexity index is 1040. The van der Waals surface area contributed by atoms with Gasteiger partial charge in [0.15, 0.2) is 0 Å². The van der Waals surface area contributed by atoms with Gasteiger partial charge in [-0.15, -0.1) is 0 Å². The highest BCUT2D eigenvalue weighted by atomic mass is 16.5. The number of nitrogens with one attached hydrogen (secondary N) is 2. The molecule has 186 valence electrons. The van der Waals surface area contributed by atoms with Crippen molar-refractivity contribution in [3.8, 4) is 11.1 Å². The Morgan fingerprint density at radius 1 is 0.971 bits per heavy atom. The van der Waals surface area contributed by atoms with Crippen LogP contribution in [-0.2, 0) is 14.3 Å². The van der Waals surface area contributed by atoms with Crippen molar-refractivity contribution in [3.63, 3.8) is 0 Å². The zero-order valence-corrected chi connectivity index (χ0v) is 20.3. The van der Waals surface area contributed by atoms with Crippen molar-refractivity contribution < 1.29 is 24.2 Å². The number of hydrogen-bond donors (Lipinski definition) is 3. The van der Waals surface area contributed by atoms with Crippen molar-refractivity contribution in [1.82, 2.24) is 10.6 Å². The third-order valence-corrected chi connectivity index (χ3v) is 7.11. The number of ether oxygens (including phenoxy) is 1. The van der Waals surface area contributed by atoms with Gasteiger partial charge in [0, 0.05) is 12.0 Å². The fourth-order valence-corrected chi connectivity index (χ4v) is 5.19. The Kier molecular flexibility index (Phi) is 7.73. The van der Waals surface area contributed by atoms with Crippen molar-refractivity contribution in [1.29, 1.82) is 0 Å². The number of amides is 2. The highest BCUT2D eigenvalue weighted by Gasteiger charge is 2.33. The lowest BCUT2D eigenvalue weighted by Gasteiger charge is -2.22. The van der Waals surface area contributed by atoms with Crippen LogP contribution >= 0.6 is 0 Å². The van der Waals surface area contributed by atoms with Crippen LogP contribution in [0.25, 0.3) is 11.1 Å². The van der Waals surface area contributed by atoms with Gasteiger partial charge in [0.25, 0.3) is 0 Å². The first kappa shape index (κ1) is 24.8. The number of aliphatic carboxylic acids is 1. The molecule has 0 saturated heterocycles. The molecule has 0 aromatic heterocycles. The lowest BCUT2D eigenvalue weighted by atomic mass is 9.98. The fourth-order valence-electron chi connectivity index (χ4n) is 5.19. The molecule has 2 aliphatic carbocycles. The minimum Gasteiger partial charge on any atom is -0.481 e. The maximum absolute atomic E-state index is 13.0. The van der Waals surface area contributed by atoms with E-state index in [1.807, 2.05) is 24.3 Å². The van der Waals surface area contributed by atoms with Crippen molar-refractivity contribution in [2.24, 2.45) is 11.8 Å². The summed E-state index contributed by atoms with van der Waals surface area (Å²) in [6, 6.07) is 15.4. The maximum Gasteiger partial charge on any atom is 0.407 e. The van der Waals surface area contributed by atoms with Gasteiger partial charge in [-0.3, -0.25) is 9.59 Å². The maximum atomic E-state index is 13.0. The van der Waals surface area contributed by atoms with Gasteiger partial charge in [-0.25, -0.2) is 4.79 Å². The summed E-state index contributed by atoms with van der Waals surface area (Å²) in [6.45, 7) is 4.31. The van der Waals surface area contributed by atoms with E-state index in [2.05, 4.69) is 48.7 Å². The number of carboxylic acids is 1. The van der Waals surface area contributed by atoms with Crippen LogP contribution in [0.3, 0.4) is 0 Å². The molecule has 2 amide bonds. The SMILES string of the molecule is CC(C)CCC(NC(=O)OCC1c2ccccc2-c2ccccc21)C(=O)NC1CCC(C(=O)O)C1. The monoisotopic (exact) mass is 478 g/mol. The van der Waals surface area contributed by atoms with E-state index in [-0.39, 0.29) is 24.5 Å². The zero-order valence-electron chi connectivity index (χ0n) is 20.3. The molecule has 7 heteroatoms. The van der Waals surface area contributed by atoms with Gasteiger partial charge < -0.3 is 20.5 Å². The van der Waals surface area contributed by atoms with Crippen LogP contribution < -0.4 is 10.6 Å². The smallest absolute Gasteiger partial charge is 0.407 e. The normalized spacial score (nSPS) is 19.6. The van der Waals surface area contributed by atoms with E-state index in [1.165, 1.54) is 0 Å². The number of carboxylic acid groups (broad SMARTS) is 1. The Balaban J connectivity index is 1.37. The molecule has 2 aromatic rings. The minimum absolute atomic E-state index is 0.0532. The number of carbonyl (C=O) groups excluding carboxylic acids is 2. The molecule has 35 heavy (non-hydrogen) atoms. The van der Waals surface area contributed by atoms with Gasteiger partial charge in [-0.1, -0.05) is 62.4 Å². The average molecular weight is 479 g/mol. The second-order valence-corrected chi connectivity index (χ2v) is 10.0. The topological polar surface area (TPSA) is 105 Å². The van der Waals surface area contributed by atoms with Crippen molar-refractivity contribution in [2.45, 2.75) is 64.0 Å². The van der Waals surface area contributed by atoms with Crippen LogP contribution in [0.4, 0.5) is 4.79 Å². The van der Waals surface area contributed by atoms with Gasteiger partial charge in [0.2, 0.25) is 5.91 Å². The van der Waals surface area contributed by atoms with E-state index < -0.39 is 24.0 Å². The van der Waals surface area contributed by atoms with Gasteiger partial charge in [-0.05, 0) is 60.3 Å². The lowest BCUT2D eigenvalue weighted by Crippen LogP contribution is -2.49. The Labute approximate surface area is 206 Å². The standard InChI is InChI=1S/C28H34N2O5/c1-17(2)11-14-25(26(31)29-19-13-12-18(15-19)27(32)33)30-28(34)35-16-24-22-9-5-3-7-20(22)21-8-4-6-10-23(21)24/h3-10,17-19,24-25H,11-16H2,1-2H3,(H,29,31)(H,30,34)(H,32,33). The van der Waals surface area contributed by atoms with Gasteiger partial charge in [0.05, 0.1) is 5.92 Å². The van der Waals surface area contributed by atoms with Crippen molar-refractivity contribution >= 4 is 18.0 Å². The molecule has 1 fully saturated rings. The number of benzene rings is 2. The van der Waals surface area contributed by atoms with E-state index in [0.717, 1.165) is 28.7 Å². The molecule has 3 N–H and O–H groups in total. The van der Waals surface area contributed by atoms with Crippen molar-refractivity contribution in [2.75, 3.05) is 6.61 Å². The summed E-state index contributed by atoms with van der Waals surface area (Å²) in [6.07, 6.45) is 2.24. The molecular weight excluding hydrogens is 444 g/mol. The lowest BCUT2D eigenvalue weighted by molar-refractivity contribution is -0.141. The second-order valence-electron chi connectivity index (χ2n) is 10.0. The summed E-state index contributed by atoms with van der Waals surface area (Å²) in [5.41, 5.74) is 4.57. The highest BCUT2D eigenvalue weighted by molar-refractivity contribution is 5.86. The summed E-state index contributed by atoms with van der Waals surface area (Å²) in [5.74, 6) is -1.21. The molecule has 0 radical (unpaired) electrons. The summed E-state index contributed by atoms with van der Waals surface area (Å²) in [4.78, 5) is 37.0. The molecular formula is C28H34N2O5. The number of alkyl carbamates (subject to hydrolysis) is 1. The third-order valence-electron chi connectivity index (χ3n) is 7.11. The van der Waals surface area contributed by atoms with Crippen molar-refractivity contribution in [3.05, 3.63) is 59.7 Å². The largest absolute Gasteiger partial charge is 0.481 e. The Hall–Kier alpha value is -3.35. The van der Waals surface area contributed by atoms with Gasteiger partial charge in [-0.2, -0.15) is 0 Å². The second kappa shape index (κ2) is 10.9. The fraction of sp³-hybridized carbons (Fsp3) is 0.464. The molecule has 2 aromatic carbocycles. The van der Waals surface area contributed by atoms with E-state index in [9.17, 15) is 19.5 Å². The molecule has 3 unspecified atom stereocenters. The molecule has 7 nitrogen and oxygen atoms in total. The molecule has 0 spiro atoms. The Morgan fingerprint density at radius 3 is 2.17 bits per heavy atom. The van der Waals surface area contributed by atoms with Crippen LogP contribution in [-0.4, -0.2) is 41.8 Å². The third kappa shape index (κ3) is 5.84. The zero-order chi connectivity index (χ0) is 24.9. The van der Waals surface area contributed by atoms with E-state index in [4.69, 9.17) is 4.74 Å². The number of carbonyl (C=O) groups is 3. The molecule has 2 aliphatic rings. The summed E-state index contributed by atoms with van der Waals surface area (Å²) in [5, 5.41) is 14.9. The quantitative estimate of drug-likeness (QED) is 0.485. The molecule has 0 aliphatic heterocycles. The molecule has 0 bridgehead atoms. The molecule has 4 rings (SSSR count). The minimum atomic E-state index is -0.824. The number of rotatable bonds is 9. The highest BCUT2D eigenvalue weighted by Crippen LogP contribution is 2.44. The van der Waals surface area contributed by atoms with E-state index >= 15 is 0 Å². The van der Waals surface area contributed by atoms with Crippen LogP contribution in [0.1, 0.15) is 63.0 Å². The predicted octanol–water partition coefficient (Wildman–Crippen LogP) is 4.70. The van der Waals surface area contributed by atoms with Crippen LogP contribution in [0.2, 0.25) is 0 Å². The first-order valence-electron chi connectivity index (χ1n) is 12.5. The van der Waals surface area contributed by atoms with E-state index in [0.29, 0.717) is 31.6 Å². The summed E-state index contributed by atoms with van der Waals surface area (Å²) >= 11 is 0. The van der Waals surface area contributed by atoms with E-state index in [1.54, 1.807) is 0 Å². The summed E-state index contributed by atoms with van der Waals surface area (Å²) in [7, 11) is 0. The molecule has 0 heterocycles. The van der Waals surface area contributed by atoms with Gasteiger partial charge in [0.1, 0.15) is 12.6 Å². The average Bonchev–Trinajstić information content (AvgIpc) is 3.43. The number of fused-ring (bicyclic) bond motifs is 3. The van der Waals surface area contributed by atoms with Crippen LogP contribution in [0, 0.1) is 11.8 Å². The predicted molar refractivity (Wildman–Crippen MR) is 133 cm³/mol. The number of hydrogen-bond acceptors (Lipinski definition) is 4. The summed E-state index contributed by atoms with van der Waals surface area (Å²) < 4.78 is 5.64. The Morgan fingerprint density at radius 2 is 1.60 bits per heavy atom. The first-order chi connectivity index (χ1) is 16.8. The van der Waals surface area contributed by atoms with Crippen LogP contribution in [0.15, 0.2) is 48.5 Å². The molecule has 1 saturated carbocycles. The molecule has 3 atom stereocenters. The van der Waals surface area contributed by atoms with Crippen LogP contribution in [0.5, 0.6) is 0 Å². The first-order valence-corrected chi connectivity index (χ1v) is 12.5.